The second-order valence-electron chi connectivity index (χ2n) is 8.23. The van der Waals surface area contributed by atoms with Gasteiger partial charge in [0.05, 0.1) is 20.4 Å². The maximum absolute atomic E-state index is 13.1. The van der Waals surface area contributed by atoms with Gasteiger partial charge >= 0.3 is 0 Å². The second kappa shape index (κ2) is 9.24. The molecule has 0 radical (unpaired) electrons. The molecule has 11 heteroatoms. The molecule has 0 atom stereocenters. The molecule has 1 aromatic heterocycles. The largest absolute Gasteiger partial charge is 0.284 e. The van der Waals surface area contributed by atoms with E-state index in [4.69, 9.17) is 0 Å². The number of hydrogen-bond donors (Lipinski definition) is 0. The van der Waals surface area contributed by atoms with E-state index in [1.807, 2.05) is 42.7 Å². The van der Waals surface area contributed by atoms with Crippen LogP contribution in [-0.2, 0) is 10.0 Å². The van der Waals surface area contributed by atoms with E-state index in [2.05, 4.69) is 17.1 Å². The van der Waals surface area contributed by atoms with Crippen LogP contribution in [0.1, 0.15) is 31.2 Å². The molecule has 2 heterocycles. The molecule has 1 aliphatic heterocycles. The minimum atomic E-state index is -3.80. The number of hydrogen-bond acceptors (Lipinski definition) is 7. The summed E-state index contributed by atoms with van der Waals surface area (Å²) >= 11 is 1.09. The molecule has 4 rings (SSSR count). The number of para-hydroxylation sites is 1. The number of rotatable bonds is 6. The molecule has 1 fully saturated rings. The minimum Gasteiger partial charge on any atom is -0.274 e. The summed E-state index contributed by atoms with van der Waals surface area (Å²) in [7, 11) is -3.80. The van der Waals surface area contributed by atoms with Crippen molar-refractivity contribution < 1.29 is 13.3 Å². The Morgan fingerprint density at radius 1 is 1.09 bits per heavy atom. The quantitative estimate of drug-likeness (QED) is 0.375. The van der Waals surface area contributed by atoms with Crippen molar-refractivity contribution in [1.29, 1.82) is 0 Å². The zero-order chi connectivity index (χ0) is 23.8. The average molecular weight is 488 g/mol. The van der Waals surface area contributed by atoms with Gasteiger partial charge < -0.3 is 0 Å². The topological polar surface area (TPSA) is 111 Å². The summed E-state index contributed by atoms with van der Waals surface area (Å²) in [5, 5.41) is 20.7. The van der Waals surface area contributed by atoms with Crippen molar-refractivity contribution in [3.8, 4) is 5.69 Å². The normalized spacial score (nSPS) is 15.6. The number of nitro benzene ring substituents is 1. The summed E-state index contributed by atoms with van der Waals surface area (Å²) in [4.78, 5) is 11.5. The lowest BCUT2D eigenvalue weighted by Crippen LogP contribution is -2.37. The van der Waals surface area contributed by atoms with Crippen molar-refractivity contribution in [1.82, 2.24) is 19.1 Å². The Bertz CT molecular complexity index is 1300. The van der Waals surface area contributed by atoms with Crippen LogP contribution in [0, 0.1) is 29.9 Å². The fraction of sp³-hybridized carbons (Fsp3) is 0.364. The monoisotopic (exact) mass is 487 g/mol. The van der Waals surface area contributed by atoms with Crippen LogP contribution in [0.4, 0.5) is 5.69 Å². The highest BCUT2D eigenvalue weighted by Gasteiger charge is 2.30. The smallest absolute Gasteiger partial charge is 0.274 e. The Labute approximate surface area is 197 Å². The van der Waals surface area contributed by atoms with E-state index in [-0.39, 0.29) is 10.6 Å². The molecule has 0 aliphatic carbocycles. The van der Waals surface area contributed by atoms with Crippen molar-refractivity contribution in [3.63, 3.8) is 0 Å². The zero-order valence-electron chi connectivity index (χ0n) is 18.6. The van der Waals surface area contributed by atoms with Crippen molar-refractivity contribution >= 4 is 27.5 Å². The number of nitro groups is 1. The summed E-state index contributed by atoms with van der Waals surface area (Å²) in [6.45, 7) is 6.72. The van der Waals surface area contributed by atoms with Crippen LogP contribution in [0.3, 0.4) is 0 Å². The van der Waals surface area contributed by atoms with Gasteiger partial charge in [-0.25, -0.2) is 8.42 Å². The fourth-order valence-electron chi connectivity index (χ4n) is 3.86. The Morgan fingerprint density at radius 2 is 1.79 bits per heavy atom. The molecule has 0 spiro atoms. The van der Waals surface area contributed by atoms with Gasteiger partial charge in [0.2, 0.25) is 15.2 Å². The first-order valence-corrected chi connectivity index (χ1v) is 12.9. The number of piperidine rings is 1. The van der Waals surface area contributed by atoms with Crippen molar-refractivity contribution in [2.75, 3.05) is 13.1 Å². The average Bonchev–Trinajstić information content (AvgIpc) is 3.14. The van der Waals surface area contributed by atoms with Gasteiger partial charge in [0.25, 0.3) is 5.69 Å². The zero-order valence-corrected chi connectivity index (χ0v) is 20.3. The van der Waals surface area contributed by atoms with Crippen LogP contribution in [0.25, 0.3) is 5.69 Å². The lowest BCUT2D eigenvalue weighted by atomic mass is 10.0. The Balaban J connectivity index is 1.70. The summed E-state index contributed by atoms with van der Waals surface area (Å²) in [5.74, 6) is 1.12. The third-order valence-electron chi connectivity index (χ3n) is 5.86. The van der Waals surface area contributed by atoms with Gasteiger partial charge in [0.1, 0.15) is 5.82 Å². The summed E-state index contributed by atoms with van der Waals surface area (Å²) in [5.41, 5.74) is 1.61. The van der Waals surface area contributed by atoms with Gasteiger partial charge in [-0.15, -0.1) is 10.2 Å². The van der Waals surface area contributed by atoms with Gasteiger partial charge in [0.15, 0.2) is 0 Å². The van der Waals surface area contributed by atoms with Crippen LogP contribution in [0.5, 0.6) is 0 Å². The molecule has 1 saturated heterocycles. The lowest BCUT2D eigenvalue weighted by molar-refractivity contribution is -0.388. The molecule has 0 amide bonds. The molecule has 33 heavy (non-hydrogen) atoms. The second-order valence-corrected chi connectivity index (χ2v) is 11.2. The Morgan fingerprint density at radius 3 is 2.45 bits per heavy atom. The molecule has 0 saturated carbocycles. The van der Waals surface area contributed by atoms with Gasteiger partial charge in [-0.1, -0.05) is 25.1 Å². The number of benzene rings is 2. The number of sulfonamides is 1. The van der Waals surface area contributed by atoms with Crippen molar-refractivity contribution in [3.05, 3.63) is 64.0 Å². The highest BCUT2D eigenvalue weighted by atomic mass is 32.2. The minimum absolute atomic E-state index is 0.0651. The summed E-state index contributed by atoms with van der Waals surface area (Å²) in [6.07, 6.45) is 1.56. The van der Waals surface area contributed by atoms with Crippen LogP contribution in [0.15, 0.2) is 57.4 Å². The molecule has 0 N–H and O–H groups in total. The summed E-state index contributed by atoms with van der Waals surface area (Å²) < 4.78 is 29.4. The maximum Gasteiger partial charge on any atom is 0.284 e. The van der Waals surface area contributed by atoms with Crippen molar-refractivity contribution in [2.24, 2.45) is 5.92 Å². The molecule has 0 unspecified atom stereocenters. The molecular weight excluding hydrogens is 462 g/mol. The number of aryl methyl sites for hydroxylation is 2. The first-order valence-electron chi connectivity index (χ1n) is 10.6. The molecule has 1 aliphatic rings. The van der Waals surface area contributed by atoms with E-state index in [1.54, 1.807) is 0 Å². The number of aromatic nitrogens is 3. The molecule has 2 aromatic carbocycles. The van der Waals surface area contributed by atoms with Crippen molar-refractivity contribution in [2.45, 2.75) is 48.6 Å². The molecular formula is C22H25N5O4S2. The highest BCUT2D eigenvalue weighted by Crippen LogP contribution is 2.37. The Hall–Kier alpha value is -2.76. The van der Waals surface area contributed by atoms with Gasteiger partial charge in [-0.05, 0) is 68.1 Å². The van der Waals surface area contributed by atoms with E-state index in [0.29, 0.717) is 34.9 Å². The predicted molar refractivity (Wildman–Crippen MR) is 125 cm³/mol. The van der Waals surface area contributed by atoms with E-state index < -0.39 is 14.9 Å². The van der Waals surface area contributed by atoms with Crippen LogP contribution < -0.4 is 0 Å². The standard InChI is InChI=1S/C22H25N5O4S2/c1-15-10-12-25(13-11-15)33(30,31)18-8-9-21(20(14-18)27(28)29)32-22-24-23-17(3)26(22)19-7-5-4-6-16(19)2/h4-9,14-15H,10-13H2,1-3H3. The molecule has 3 aromatic rings. The van der Waals surface area contributed by atoms with Crippen LogP contribution in [-0.4, -0.2) is 45.5 Å². The first kappa shape index (κ1) is 23.4. The Kier molecular flexibility index (Phi) is 6.55. The van der Waals surface area contributed by atoms with Gasteiger partial charge in [-0.3, -0.25) is 14.7 Å². The van der Waals surface area contributed by atoms with Gasteiger partial charge in [0, 0.05) is 19.2 Å². The third kappa shape index (κ3) is 4.66. The van der Waals surface area contributed by atoms with E-state index in [1.165, 1.54) is 16.4 Å². The van der Waals surface area contributed by atoms with Crippen LogP contribution in [0.2, 0.25) is 0 Å². The van der Waals surface area contributed by atoms with Gasteiger partial charge in [-0.2, -0.15) is 4.31 Å². The van der Waals surface area contributed by atoms with E-state index in [0.717, 1.165) is 41.9 Å². The van der Waals surface area contributed by atoms with Crippen LogP contribution >= 0.6 is 11.8 Å². The summed E-state index contributed by atoms with van der Waals surface area (Å²) in [6, 6.07) is 11.8. The predicted octanol–water partition coefficient (Wildman–Crippen LogP) is 4.36. The molecule has 9 nitrogen and oxygen atoms in total. The highest BCUT2D eigenvalue weighted by molar-refractivity contribution is 7.99. The first-order chi connectivity index (χ1) is 15.7. The third-order valence-corrected chi connectivity index (χ3v) is 8.77. The number of nitrogens with zero attached hydrogens (tertiary/aromatic N) is 5. The molecule has 0 bridgehead atoms. The SMILES string of the molecule is Cc1ccccc1-n1c(C)nnc1Sc1ccc(S(=O)(=O)N2CCC(C)CC2)cc1[N+](=O)[O-]. The van der Waals surface area contributed by atoms with E-state index in [9.17, 15) is 18.5 Å². The maximum atomic E-state index is 13.1. The fourth-order valence-corrected chi connectivity index (χ4v) is 6.32. The van der Waals surface area contributed by atoms with E-state index >= 15 is 0 Å². The lowest BCUT2D eigenvalue weighted by Gasteiger charge is -2.29. The molecule has 174 valence electrons.